The zero-order valence-corrected chi connectivity index (χ0v) is 16.2. The standard InChI is InChI=1S/C18H24N2O8/c1-5-27-17(21)11-7-12(18(22)28-6-2)19-16(11)10-8-14(25-3)15(26-4)9-13(10)20(23)24/h8-9,11-12,16,19H,5-7H2,1-4H3/t11-,12-,16-/m1/s1. The fourth-order valence-corrected chi connectivity index (χ4v) is 3.28. The Morgan fingerprint density at radius 2 is 1.68 bits per heavy atom. The van der Waals surface area contributed by atoms with E-state index >= 15 is 0 Å². The van der Waals surface area contributed by atoms with E-state index in [0.717, 1.165) is 0 Å². The van der Waals surface area contributed by atoms with Crippen molar-refractivity contribution in [3.63, 3.8) is 0 Å². The van der Waals surface area contributed by atoms with Gasteiger partial charge in [0.15, 0.2) is 11.5 Å². The highest BCUT2D eigenvalue weighted by molar-refractivity contribution is 5.81. The average molecular weight is 396 g/mol. The van der Waals surface area contributed by atoms with Gasteiger partial charge in [-0.1, -0.05) is 0 Å². The first kappa shape index (κ1) is 21.4. The molecule has 154 valence electrons. The van der Waals surface area contributed by atoms with Crippen LogP contribution < -0.4 is 14.8 Å². The minimum atomic E-state index is -0.825. The SMILES string of the molecule is CCOC(=O)[C@H]1C[C@@H](C(=O)OCC)[C@@H](c2cc(OC)c(OC)cc2[N+](=O)[O-])N1. The third-order valence-electron chi connectivity index (χ3n) is 4.50. The van der Waals surface area contributed by atoms with E-state index in [2.05, 4.69) is 5.32 Å². The molecule has 0 saturated carbocycles. The van der Waals surface area contributed by atoms with Gasteiger partial charge in [0.05, 0.1) is 55.9 Å². The molecule has 28 heavy (non-hydrogen) atoms. The number of nitrogens with one attached hydrogen (secondary N) is 1. The first-order valence-corrected chi connectivity index (χ1v) is 8.87. The molecule has 1 fully saturated rings. The molecule has 0 unspecified atom stereocenters. The number of hydrogen-bond donors (Lipinski definition) is 1. The Bertz CT molecular complexity index is 751. The van der Waals surface area contributed by atoms with Crippen molar-refractivity contribution in [2.45, 2.75) is 32.4 Å². The van der Waals surface area contributed by atoms with Crippen LogP contribution in [0.3, 0.4) is 0 Å². The van der Waals surface area contributed by atoms with Crippen LogP contribution in [0.2, 0.25) is 0 Å². The minimum Gasteiger partial charge on any atom is -0.493 e. The molecule has 0 aromatic heterocycles. The van der Waals surface area contributed by atoms with Crippen molar-refractivity contribution in [3.8, 4) is 11.5 Å². The van der Waals surface area contributed by atoms with Gasteiger partial charge in [0.25, 0.3) is 5.69 Å². The molecule has 0 aliphatic carbocycles. The van der Waals surface area contributed by atoms with Crippen molar-refractivity contribution in [1.82, 2.24) is 5.32 Å². The Labute approximate surface area is 162 Å². The van der Waals surface area contributed by atoms with E-state index in [1.165, 1.54) is 26.4 Å². The number of benzene rings is 1. The highest BCUT2D eigenvalue weighted by Crippen LogP contribution is 2.43. The van der Waals surface area contributed by atoms with Gasteiger partial charge in [0, 0.05) is 0 Å². The molecule has 0 bridgehead atoms. The lowest BCUT2D eigenvalue weighted by atomic mass is 9.92. The molecule has 10 nitrogen and oxygen atoms in total. The summed E-state index contributed by atoms with van der Waals surface area (Å²) < 4.78 is 20.5. The first-order valence-electron chi connectivity index (χ1n) is 8.87. The Hall–Kier alpha value is -2.88. The van der Waals surface area contributed by atoms with Crippen LogP contribution in [0.15, 0.2) is 12.1 Å². The van der Waals surface area contributed by atoms with Gasteiger partial charge in [-0.2, -0.15) is 0 Å². The summed E-state index contributed by atoms with van der Waals surface area (Å²) in [7, 11) is 2.77. The predicted octanol–water partition coefficient (Wildman–Crippen LogP) is 1.76. The summed E-state index contributed by atoms with van der Waals surface area (Å²) in [6.45, 7) is 3.67. The van der Waals surface area contributed by atoms with Crippen LogP contribution in [0.25, 0.3) is 0 Å². The molecule has 1 aliphatic rings. The lowest BCUT2D eigenvalue weighted by Crippen LogP contribution is -2.34. The van der Waals surface area contributed by atoms with Gasteiger partial charge in [-0.25, -0.2) is 0 Å². The minimum absolute atomic E-state index is 0.105. The lowest BCUT2D eigenvalue weighted by Gasteiger charge is -2.20. The molecular formula is C18H24N2O8. The topological polar surface area (TPSA) is 126 Å². The van der Waals surface area contributed by atoms with Crippen molar-refractivity contribution >= 4 is 17.6 Å². The monoisotopic (exact) mass is 396 g/mol. The molecule has 1 aliphatic heterocycles. The van der Waals surface area contributed by atoms with Crippen LogP contribution in [-0.4, -0.2) is 50.3 Å². The number of nitrogens with zero attached hydrogens (tertiary/aromatic N) is 1. The van der Waals surface area contributed by atoms with Gasteiger partial charge < -0.3 is 18.9 Å². The summed E-state index contributed by atoms with van der Waals surface area (Å²) in [6, 6.07) is 1.06. The summed E-state index contributed by atoms with van der Waals surface area (Å²) in [5.74, 6) is -1.41. The van der Waals surface area contributed by atoms with E-state index in [1.807, 2.05) is 0 Å². The number of carbonyl (C=O) groups excluding carboxylic acids is 2. The van der Waals surface area contributed by atoms with E-state index < -0.39 is 34.9 Å². The van der Waals surface area contributed by atoms with Gasteiger partial charge >= 0.3 is 11.9 Å². The normalized spacial score (nSPS) is 21.1. The predicted molar refractivity (Wildman–Crippen MR) is 97.2 cm³/mol. The average Bonchev–Trinajstić information content (AvgIpc) is 3.12. The Kier molecular flexibility index (Phi) is 7.16. The van der Waals surface area contributed by atoms with Crippen molar-refractivity contribution in [1.29, 1.82) is 0 Å². The van der Waals surface area contributed by atoms with Crippen LogP contribution in [0.1, 0.15) is 31.9 Å². The molecule has 3 atom stereocenters. The first-order chi connectivity index (χ1) is 13.4. The highest BCUT2D eigenvalue weighted by Gasteiger charge is 2.46. The summed E-state index contributed by atoms with van der Waals surface area (Å²) in [6.07, 6.45) is 0.105. The van der Waals surface area contributed by atoms with Gasteiger partial charge in [-0.05, 0) is 26.3 Å². The van der Waals surface area contributed by atoms with Gasteiger partial charge in [-0.3, -0.25) is 25.0 Å². The lowest BCUT2D eigenvalue weighted by molar-refractivity contribution is -0.385. The Morgan fingerprint density at radius 3 is 2.21 bits per heavy atom. The summed E-state index contributed by atoms with van der Waals surface area (Å²) >= 11 is 0. The van der Waals surface area contributed by atoms with Gasteiger partial charge in [-0.15, -0.1) is 0 Å². The third-order valence-corrected chi connectivity index (χ3v) is 4.50. The Morgan fingerprint density at radius 1 is 1.11 bits per heavy atom. The van der Waals surface area contributed by atoms with E-state index in [-0.39, 0.29) is 42.4 Å². The molecule has 1 N–H and O–H groups in total. The molecule has 0 spiro atoms. The maximum atomic E-state index is 12.5. The van der Waals surface area contributed by atoms with E-state index in [1.54, 1.807) is 13.8 Å². The molecule has 1 aromatic carbocycles. The number of nitro groups is 1. The molecule has 0 amide bonds. The highest BCUT2D eigenvalue weighted by atomic mass is 16.6. The fourth-order valence-electron chi connectivity index (χ4n) is 3.28. The molecule has 0 radical (unpaired) electrons. The van der Waals surface area contributed by atoms with Crippen LogP contribution >= 0.6 is 0 Å². The quantitative estimate of drug-likeness (QED) is 0.397. The number of rotatable bonds is 8. The zero-order chi connectivity index (χ0) is 20.8. The fraction of sp³-hybridized carbons (Fsp3) is 0.556. The summed E-state index contributed by atoms with van der Waals surface area (Å²) in [5, 5.41) is 14.6. The smallest absolute Gasteiger partial charge is 0.323 e. The Balaban J connectivity index is 2.52. The second-order valence-corrected chi connectivity index (χ2v) is 6.07. The zero-order valence-electron chi connectivity index (χ0n) is 16.2. The second-order valence-electron chi connectivity index (χ2n) is 6.07. The van der Waals surface area contributed by atoms with Crippen LogP contribution in [0.5, 0.6) is 11.5 Å². The number of carbonyl (C=O) groups is 2. The summed E-state index contributed by atoms with van der Waals surface area (Å²) in [5.41, 5.74) is -0.0542. The molecule has 1 heterocycles. The van der Waals surface area contributed by atoms with Crippen LogP contribution in [0.4, 0.5) is 5.69 Å². The molecule has 10 heteroatoms. The summed E-state index contributed by atoms with van der Waals surface area (Å²) in [4.78, 5) is 35.7. The van der Waals surface area contributed by atoms with Crippen molar-refractivity contribution in [2.75, 3.05) is 27.4 Å². The third kappa shape index (κ3) is 4.33. The molecule has 1 saturated heterocycles. The molecule has 1 aromatic rings. The van der Waals surface area contributed by atoms with Crippen LogP contribution in [-0.2, 0) is 19.1 Å². The number of ether oxygens (including phenoxy) is 4. The van der Waals surface area contributed by atoms with Crippen LogP contribution in [0, 0.1) is 16.0 Å². The van der Waals surface area contributed by atoms with Crippen molar-refractivity contribution in [2.24, 2.45) is 5.92 Å². The van der Waals surface area contributed by atoms with Gasteiger partial charge in [0.1, 0.15) is 6.04 Å². The molecular weight excluding hydrogens is 372 g/mol. The number of hydrogen-bond acceptors (Lipinski definition) is 9. The van der Waals surface area contributed by atoms with E-state index in [4.69, 9.17) is 18.9 Å². The van der Waals surface area contributed by atoms with E-state index in [0.29, 0.717) is 0 Å². The maximum Gasteiger partial charge on any atom is 0.323 e. The number of esters is 2. The van der Waals surface area contributed by atoms with Crippen molar-refractivity contribution < 1.29 is 33.5 Å². The number of methoxy groups -OCH3 is 2. The largest absolute Gasteiger partial charge is 0.493 e. The van der Waals surface area contributed by atoms with Crippen molar-refractivity contribution in [3.05, 3.63) is 27.8 Å². The second kappa shape index (κ2) is 9.36. The molecule has 2 rings (SSSR count). The van der Waals surface area contributed by atoms with E-state index in [9.17, 15) is 19.7 Å². The van der Waals surface area contributed by atoms with Gasteiger partial charge in [0.2, 0.25) is 0 Å². The number of nitro benzene ring substituents is 1. The maximum absolute atomic E-state index is 12.5.